The highest BCUT2D eigenvalue weighted by atomic mass is 16.5. The number of piperidine rings is 1. The van der Waals surface area contributed by atoms with E-state index < -0.39 is 5.97 Å². The molecule has 1 rings (SSSR count). The van der Waals surface area contributed by atoms with Gasteiger partial charge >= 0.3 is 12.0 Å². The fourth-order valence-electron chi connectivity index (χ4n) is 2.13. The summed E-state index contributed by atoms with van der Waals surface area (Å²) in [5, 5.41) is 2.58. The van der Waals surface area contributed by atoms with E-state index in [1.165, 1.54) is 7.11 Å². The Morgan fingerprint density at radius 2 is 1.88 bits per heavy atom. The van der Waals surface area contributed by atoms with E-state index in [0.717, 1.165) is 19.3 Å². The molecule has 1 aliphatic heterocycles. The van der Waals surface area contributed by atoms with E-state index in [2.05, 4.69) is 10.1 Å². The van der Waals surface area contributed by atoms with E-state index in [1.807, 2.05) is 18.7 Å². The second kappa shape index (κ2) is 5.72. The molecule has 5 heteroatoms. The van der Waals surface area contributed by atoms with E-state index >= 15 is 0 Å². The number of carbonyl (C=O) groups excluding carboxylic acids is 2. The molecule has 0 aromatic carbocycles. The minimum Gasteiger partial charge on any atom is -0.468 e. The Balaban J connectivity index is 2.47. The SMILES string of the molecule is COC(=O)CNC(=O)N1C(C)CCCC1C. The Morgan fingerprint density at radius 1 is 1.31 bits per heavy atom. The Labute approximate surface area is 96.1 Å². The Morgan fingerprint density at radius 3 is 2.38 bits per heavy atom. The van der Waals surface area contributed by atoms with Gasteiger partial charge in [0.2, 0.25) is 0 Å². The Hall–Kier alpha value is -1.26. The number of methoxy groups -OCH3 is 1. The number of carbonyl (C=O) groups is 2. The van der Waals surface area contributed by atoms with Crippen molar-refractivity contribution in [3.63, 3.8) is 0 Å². The lowest BCUT2D eigenvalue weighted by atomic mass is 9.98. The molecular formula is C11H20N2O3. The number of likely N-dealkylation sites (tertiary alicyclic amines) is 1. The van der Waals surface area contributed by atoms with Gasteiger partial charge in [-0.05, 0) is 33.1 Å². The molecule has 0 radical (unpaired) electrons. The normalized spacial score (nSPS) is 25.1. The molecule has 0 aromatic rings. The average Bonchev–Trinajstić information content (AvgIpc) is 2.25. The number of esters is 1. The molecule has 1 saturated heterocycles. The van der Waals surface area contributed by atoms with Gasteiger partial charge in [0.05, 0.1) is 7.11 Å². The molecule has 0 aliphatic carbocycles. The number of hydrogen-bond donors (Lipinski definition) is 1. The molecule has 1 heterocycles. The summed E-state index contributed by atoms with van der Waals surface area (Å²) in [6.07, 6.45) is 3.20. The van der Waals surface area contributed by atoms with Crippen molar-refractivity contribution in [2.75, 3.05) is 13.7 Å². The van der Waals surface area contributed by atoms with Crippen LogP contribution in [-0.2, 0) is 9.53 Å². The molecular weight excluding hydrogens is 208 g/mol. The number of nitrogens with zero attached hydrogens (tertiary/aromatic N) is 1. The third kappa shape index (κ3) is 3.12. The minimum absolute atomic E-state index is 0.0642. The average molecular weight is 228 g/mol. The predicted octanol–water partition coefficient (Wildman–Crippen LogP) is 1.13. The van der Waals surface area contributed by atoms with Crippen molar-refractivity contribution in [3.05, 3.63) is 0 Å². The molecule has 0 saturated carbocycles. The molecule has 1 aliphatic rings. The third-order valence-electron chi connectivity index (χ3n) is 3.04. The van der Waals surface area contributed by atoms with Gasteiger partial charge in [0.1, 0.15) is 6.54 Å². The fourth-order valence-corrected chi connectivity index (χ4v) is 2.13. The van der Waals surface area contributed by atoms with Crippen molar-refractivity contribution in [3.8, 4) is 0 Å². The van der Waals surface area contributed by atoms with Gasteiger partial charge in [0.25, 0.3) is 0 Å². The number of rotatable bonds is 2. The van der Waals surface area contributed by atoms with Crippen LogP contribution in [0.1, 0.15) is 33.1 Å². The van der Waals surface area contributed by atoms with Crippen LogP contribution in [-0.4, -0.2) is 42.6 Å². The molecule has 16 heavy (non-hydrogen) atoms. The number of hydrogen-bond acceptors (Lipinski definition) is 3. The minimum atomic E-state index is -0.425. The highest BCUT2D eigenvalue weighted by Gasteiger charge is 2.28. The Kier molecular flexibility index (Phi) is 4.58. The molecule has 0 bridgehead atoms. The number of amides is 2. The lowest BCUT2D eigenvalue weighted by Gasteiger charge is -2.38. The maximum atomic E-state index is 11.8. The summed E-state index contributed by atoms with van der Waals surface area (Å²) in [4.78, 5) is 24.6. The smallest absolute Gasteiger partial charge is 0.325 e. The summed E-state index contributed by atoms with van der Waals surface area (Å²) in [6, 6.07) is 0.299. The van der Waals surface area contributed by atoms with Crippen LogP contribution in [0.4, 0.5) is 4.79 Å². The van der Waals surface area contributed by atoms with Gasteiger partial charge in [0, 0.05) is 12.1 Å². The zero-order chi connectivity index (χ0) is 12.1. The monoisotopic (exact) mass is 228 g/mol. The summed E-state index contributed by atoms with van der Waals surface area (Å²) in [6.45, 7) is 4.01. The highest BCUT2D eigenvalue weighted by molar-refractivity contribution is 5.81. The van der Waals surface area contributed by atoms with Crippen molar-refractivity contribution in [1.29, 1.82) is 0 Å². The molecule has 92 valence electrons. The van der Waals surface area contributed by atoms with E-state index in [9.17, 15) is 9.59 Å². The highest BCUT2D eigenvalue weighted by Crippen LogP contribution is 2.22. The van der Waals surface area contributed by atoms with Gasteiger partial charge in [0.15, 0.2) is 0 Å². The first-order chi connectivity index (χ1) is 7.56. The van der Waals surface area contributed by atoms with E-state index in [0.29, 0.717) is 0 Å². The van der Waals surface area contributed by atoms with Gasteiger partial charge in [-0.3, -0.25) is 4.79 Å². The number of ether oxygens (including phenoxy) is 1. The third-order valence-corrected chi connectivity index (χ3v) is 3.04. The molecule has 1 fully saturated rings. The van der Waals surface area contributed by atoms with Crippen LogP contribution in [0.2, 0.25) is 0 Å². The standard InChI is InChI=1S/C11H20N2O3/c1-8-5-4-6-9(2)13(8)11(15)12-7-10(14)16-3/h8-9H,4-7H2,1-3H3,(H,12,15). The lowest BCUT2D eigenvalue weighted by Crippen LogP contribution is -2.52. The van der Waals surface area contributed by atoms with Crippen LogP contribution >= 0.6 is 0 Å². The van der Waals surface area contributed by atoms with Crippen molar-refractivity contribution >= 4 is 12.0 Å². The van der Waals surface area contributed by atoms with Crippen molar-refractivity contribution in [2.45, 2.75) is 45.2 Å². The van der Waals surface area contributed by atoms with Crippen LogP contribution in [0.25, 0.3) is 0 Å². The molecule has 2 unspecified atom stereocenters. The maximum Gasteiger partial charge on any atom is 0.325 e. The van der Waals surface area contributed by atoms with E-state index in [-0.39, 0.29) is 24.7 Å². The van der Waals surface area contributed by atoms with Crippen molar-refractivity contribution in [2.24, 2.45) is 0 Å². The zero-order valence-corrected chi connectivity index (χ0v) is 10.2. The van der Waals surface area contributed by atoms with Crippen molar-refractivity contribution < 1.29 is 14.3 Å². The van der Waals surface area contributed by atoms with E-state index in [1.54, 1.807) is 0 Å². The second-order valence-corrected chi connectivity index (χ2v) is 4.27. The molecule has 1 N–H and O–H groups in total. The van der Waals surface area contributed by atoms with E-state index in [4.69, 9.17) is 0 Å². The van der Waals surface area contributed by atoms with Crippen LogP contribution in [0.3, 0.4) is 0 Å². The first kappa shape index (κ1) is 12.8. The summed E-state index contributed by atoms with van der Waals surface area (Å²) in [5.41, 5.74) is 0. The first-order valence-electron chi connectivity index (χ1n) is 5.69. The topological polar surface area (TPSA) is 58.6 Å². The zero-order valence-electron chi connectivity index (χ0n) is 10.2. The number of urea groups is 1. The summed E-state index contributed by atoms with van der Waals surface area (Å²) >= 11 is 0. The summed E-state index contributed by atoms with van der Waals surface area (Å²) in [5.74, 6) is -0.425. The fraction of sp³-hybridized carbons (Fsp3) is 0.818. The van der Waals surface area contributed by atoms with Gasteiger partial charge in [-0.15, -0.1) is 0 Å². The van der Waals surface area contributed by atoms with Gasteiger partial charge in [-0.1, -0.05) is 0 Å². The molecule has 0 aromatic heterocycles. The second-order valence-electron chi connectivity index (χ2n) is 4.27. The summed E-state index contributed by atoms with van der Waals surface area (Å²) < 4.78 is 4.47. The predicted molar refractivity (Wildman–Crippen MR) is 60.0 cm³/mol. The van der Waals surface area contributed by atoms with Crippen LogP contribution in [0, 0.1) is 0 Å². The molecule has 5 nitrogen and oxygen atoms in total. The van der Waals surface area contributed by atoms with Crippen molar-refractivity contribution in [1.82, 2.24) is 10.2 Å². The van der Waals surface area contributed by atoms with Crippen LogP contribution in [0.5, 0.6) is 0 Å². The van der Waals surface area contributed by atoms with Gasteiger partial charge in [-0.25, -0.2) is 4.79 Å². The largest absolute Gasteiger partial charge is 0.468 e. The van der Waals surface area contributed by atoms with Gasteiger partial charge < -0.3 is 15.0 Å². The van der Waals surface area contributed by atoms with Gasteiger partial charge in [-0.2, -0.15) is 0 Å². The molecule has 0 spiro atoms. The quantitative estimate of drug-likeness (QED) is 0.721. The molecule has 2 atom stereocenters. The lowest BCUT2D eigenvalue weighted by molar-refractivity contribution is -0.139. The maximum absolute atomic E-state index is 11.8. The first-order valence-corrected chi connectivity index (χ1v) is 5.69. The van der Waals surface area contributed by atoms with Crippen LogP contribution in [0.15, 0.2) is 0 Å². The molecule has 2 amide bonds. The summed E-state index contributed by atoms with van der Waals surface area (Å²) in [7, 11) is 1.31. The Bertz CT molecular complexity index is 258. The number of nitrogens with one attached hydrogen (secondary N) is 1. The van der Waals surface area contributed by atoms with Crippen LogP contribution < -0.4 is 5.32 Å².